The van der Waals surface area contributed by atoms with Gasteiger partial charge >= 0.3 is 0 Å². The van der Waals surface area contributed by atoms with E-state index < -0.39 is 0 Å². The Bertz CT molecular complexity index is 1140. The number of aromatic nitrogens is 2. The Labute approximate surface area is 183 Å². The van der Waals surface area contributed by atoms with Gasteiger partial charge in [0.25, 0.3) is 0 Å². The maximum absolute atomic E-state index is 4.84. The number of rotatable bonds is 7. The van der Waals surface area contributed by atoms with Crippen molar-refractivity contribution in [3.8, 4) is 0 Å². The maximum atomic E-state index is 4.84. The number of nitrogens with zero attached hydrogens (tertiary/aromatic N) is 4. The van der Waals surface area contributed by atoms with Crippen LogP contribution >= 0.6 is 0 Å². The van der Waals surface area contributed by atoms with Gasteiger partial charge in [-0.3, -0.25) is 15.0 Å². The van der Waals surface area contributed by atoms with E-state index in [-0.39, 0.29) is 12.1 Å². The predicted octanol–water partition coefficient (Wildman–Crippen LogP) is 5.87. The summed E-state index contributed by atoms with van der Waals surface area (Å²) in [4.78, 5) is 18.7. The van der Waals surface area contributed by atoms with Gasteiger partial charge in [-0.25, -0.2) is 4.98 Å². The molecule has 4 nitrogen and oxygen atoms in total. The molecule has 0 spiro atoms. The van der Waals surface area contributed by atoms with Crippen LogP contribution < -0.4 is 0 Å². The number of hydrogen-bond donors (Lipinski definition) is 0. The van der Waals surface area contributed by atoms with Crippen molar-refractivity contribution in [2.75, 3.05) is 0 Å². The fourth-order valence-corrected chi connectivity index (χ4v) is 3.27. The molecule has 0 aliphatic heterocycles. The summed E-state index contributed by atoms with van der Waals surface area (Å²) in [6.07, 6.45) is 5.41. The summed E-state index contributed by atoms with van der Waals surface area (Å²) in [5.74, 6) is 0. The zero-order chi connectivity index (χ0) is 21.3. The molecule has 0 amide bonds. The van der Waals surface area contributed by atoms with Gasteiger partial charge in [0.05, 0.1) is 23.1 Å². The first-order chi connectivity index (χ1) is 15.3. The Morgan fingerprint density at radius 2 is 1.29 bits per heavy atom. The van der Waals surface area contributed by atoms with Crippen molar-refractivity contribution in [2.24, 2.45) is 9.98 Å². The molecule has 0 aliphatic carbocycles. The predicted molar refractivity (Wildman–Crippen MR) is 127 cm³/mol. The van der Waals surface area contributed by atoms with E-state index in [0.29, 0.717) is 0 Å². The molecule has 2 aromatic heterocycles. The Balaban J connectivity index is 1.61. The monoisotopic (exact) mass is 404 g/mol. The number of benzene rings is 2. The smallest absolute Gasteiger partial charge is 0.117 e. The Hall–Kier alpha value is -3.92. The zero-order valence-corrected chi connectivity index (χ0v) is 17.4. The van der Waals surface area contributed by atoms with Crippen LogP contribution in [0.15, 0.2) is 113 Å². The van der Waals surface area contributed by atoms with Gasteiger partial charge in [0.15, 0.2) is 0 Å². The fraction of sp³-hybridized carbons (Fsp3) is 0.111. The normalized spacial score (nSPS) is 13.5. The highest BCUT2D eigenvalue weighted by molar-refractivity contribution is 5.78. The summed E-state index contributed by atoms with van der Waals surface area (Å²) in [7, 11) is 0. The van der Waals surface area contributed by atoms with Crippen molar-refractivity contribution in [2.45, 2.75) is 19.0 Å². The van der Waals surface area contributed by atoms with Crippen molar-refractivity contribution < 1.29 is 0 Å². The topological polar surface area (TPSA) is 50.5 Å². The van der Waals surface area contributed by atoms with E-state index in [1.165, 1.54) is 5.56 Å². The van der Waals surface area contributed by atoms with Gasteiger partial charge in [0, 0.05) is 18.6 Å². The molecule has 2 aromatic carbocycles. The van der Waals surface area contributed by atoms with E-state index in [9.17, 15) is 0 Å². The summed E-state index contributed by atoms with van der Waals surface area (Å²) in [6, 6.07) is 32.0. The molecule has 0 bridgehead atoms. The van der Waals surface area contributed by atoms with E-state index in [2.05, 4.69) is 36.2 Å². The second-order valence-corrected chi connectivity index (χ2v) is 7.20. The summed E-state index contributed by atoms with van der Waals surface area (Å²) in [6.45, 7) is 2.08. The lowest BCUT2D eigenvalue weighted by atomic mass is 10.0. The van der Waals surface area contributed by atoms with Crippen molar-refractivity contribution in [3.63, 3.8) is 0 Å². The molecule has 152 valence electrons. The minimum atomic E-state index is -0.219. The number of pyridine rings is 2. The molecule has 0 unspecified atom stereocenters. The van der Waals surface area contributed by atoms with Crippen molar-refractivity contribution in [3.05, 3.63) is 131 Å². The quantitative estimate of drug-likeness (QED) is 0.362. The van der Waals surface area contributed by atoms with E-state index >= 15 is 0 Å². The molecule has 0 saturated carbocycles. The van der Waals surface area contributed by atoms with Crippen molar-refractivity contribution >= 4 is 12.4 Å². The van der Waals surface area contributed by atoms with Crippen LogP contribution in [-0.4, -0.2) is 22.4 Å². The molecule has 0 saturated heterocycles. The standard InChI is InChI=1S/C27H24N4/c1-21(22-11-4-2-5-12-22)29-20-25-16-10-17-26(31-25)27(23-13-6-3-7-14-23)30-19-24-15-8-9-18-28-24/h2-21,27H,1H3/t21-,27-/m1/s1. The van der Waals surface area contributed by atoms with Crippen molar-refractivity contribution in [1.29, 1.82) is 0 Å². The molecule has 2 atom stereocenters. The molecule has 4 heteroatoms. The Morgan fingerprint density at radius 1 is 0.645 bits per heavy atom. The van der Waals surface area contributed by atoms with Crippen LogP contribution in [0.1, 0.15) is 47.2 Å². The minimum absolute atomic E-state index is 0.0683. The van der Waals surface area contributed by atoms with Crippen LogP contribution in [0.4, 0.5) is 0 Å². The van der Waals surface area contributed by atoms with Gasteiger partial charge in [0.1, 0.15) is 6.04 Å². The van der Waals surface area contributed by atoms with E-state index in [0.717, 1.165) is 22.6 Å². The SMILES string of the molecule is C[C@@H](N=Cc1cccc([C@H](N=Cc2ccccn2)c2ccccc2)n1)c1ccccc1. The number of aliphatic imine (C=N–C) groups is 2. The second kappa shape index (κ2) is 10.2. The van der Waals surface area contributed by atoms with Crippen LogP contribution in [0, 0.1) is 0 Å². The first-order valence-electron chi connectivity index (χ1n) is 10.3. The molecule has 0 radical (unpaired) electrons. The third-order valence-corrected chi connectivity index (χ3v) is 4.94. The lowest BCUT2D eigenvalue weighted by molar-refractivity contribution is 0.819. The highest BCUT2D eigenvalue weighted by atomic mass is 14.9. The lowest BCUT2D eigenvalue weighted by Crippen LogP contribution is -2.04. The lowest BCUT2D eigenvalue weighted by Gasteiger charge is -2.13. The summed E-state index contributed by atoms with van der Waals surface area (Å²) in [5.41, 5.74) is 4.76. The fourth-order valence-electron chi connectivity index (χ4n) is 3.27. The summed E-state index contributed by atoms with van der Waals surface area (Å²) >= 11 is 0. The zero-order valence-electron chi connectivity index (χ0n) is 17.4. The minimum Gasteiger partial charge on any atom is -0.283 e. The average molecular weight is 405 g/mol. The largest absolute Gasteiger partial charge is 0.283 e. The average Bonchev–Trinajstić information content (AvgIpc) is 2.85. The van der Waals surface area contributed by atoms with Gasteiger partial charge in [-0.2, -0.15) is 0 Å². The van der Waals surface area contributed by atoms with Crippen molar-refractivity contribution in [1.82, 2.24) is 9.97 Å². The van der Waals surface area contributed by atoms with Gasteiger partial charge in [-0.1, -0.05) is 72.8 Å². The molecular formula is C27H24N4. The summed E-state index contributed by atoms with van der Waals surface area (Å²) in [5, 5.41) is 0. The van der Waals surface area contributed by atoms with Gasteiger partial charge in [-0.05, 0) is 42.3 Å². The highest BCUT2D eigenvalue weighted by Gasteiger charge is 2.14. The van der Waals surface area contributed by atoms with Crippen LogP contribution in [0.5, 0.6) is 0 Å². The number of hydrogen-bond acceptors (Lipinski definition) is 4. The Kier molecular flexibility index (Phi) is 6.71. The van der Waals surface area contributed by atoms with Crippen LogP contribution in [0.25, 0.3) is 0 Å². The molecule has 0 N–H and O–H groups in total. The van der Waals surface area contributed by atoms with E-state index in [4.69, 9.17) is 15.0 Å². The highest BCUT2D eigenvalue weighted by Crippen LogP contribution is 2.24. The Morgan fingerprint density at radius 3 is 2.00 bits per heavy atom. The second-order valence-electron chi connectivity index (χ2n) is 7.20. The molecule has 0 fully saturated rings. The van der Waals surface area contributed by atoms with E-state index in [1.54, 1.807) is 12.4 Å². The van der Waals surface area contributed by atoms with Crippen LogP contribution in [-0.2, 0) is 0 Å². The molecule has 4 aromatic rings. The van der Waals surface area contributed by atoms with E-state index in [1.807, 2.05) is 79.0 Å². The third kappa shape index (κ3) is 5.58. The summed E-state index contributed by atoms with van der Waals surface area (Å²) < 4.78 is 0. The first kappa shape index (κ1) is 20.4. The molecular weight excluding hydrogens is 380 g/mol. The molecule has 2 heterocycles. The van der Waals surface area contributed by atoms with Gasteiger partial charge in [-0.15, -0.1) is 0 Å². The molecule has 0 aliphatic rings. The third-order valence-electron chi connectivity index (χ3n) is 4.94. The van der Waals surface area contributed by atoms with Crippen LogP contribution in [0.3, 0.4) is 0 Å². The van der Waals surface area contributed by atoms with Gasteiger partial charge < -0.3 is 0 Å². The molecule has 4 rings (SSSR count). The maximum Gasteiger partial charge on any atom is 0.117 e. The van der Waals surface area contributed by atoms with Crippen LogP contribution in [0.2, 0.25) is 0 Å². The van der Waals surface area contributed by atoms with Gasteiger partial charge in [0.2, 0.25) is 0 Å². The first-order valence-corrected chi connectivity index (χ1v) is 10.3. The molecule has 31 heavy (non-hydrogen) atoms.